The second-order valence-corrected chi connectivity index (χ2v) is 7.40. The topological polar surface area (TPSA) is 34.0 Å². The van der Waals surface area contributed by atoms with Crippen LogP contribution in [0.5, 0.6) is 0 Å². The molecule has 1 fully saturated rings. The molecule has 26 heavy (non-hydrogen) atoms. The molecule has 4 rings (SSSR count). The number of nitrogens with zero attached hydrogens (tertiary/aromatic N) is 4. The molecular formula is C22H26N4. The zero-order valence-electron chi connectivity index (χ0n) is 15.6. The first-order valence-corrected chi connectivity index (χ1v) is 9.45. The van der Waals surface area contributed by atoms with E-state index in [1.807, 2.05) is 4.68 Å². The van der Waals surface area contributed by atoms with Gasteiger partial charge >= 0.3 is 0 Å². The third kappa shape index (κ3) is 3.70. The minimum absolute atomic E-state index is 0.516. The van der Waals surface area contributed by atoms with E-state index in [1.165, 1.54) is 16.7 Å². The Labute approximate surface area is 155 Å². The Kier molecular flexibility index (Phi) is 4.85. The largest absolute Gasteiger partial charge is 0.299 e. The quantitative estimate of drug-likeness (QED) is 0.708. The highest BCUT2D eigenvalue weighted by Gasteiger charge is 2.23. The van der Waals surface area contributed by atoms with Crippen LogP contribution < -0.4 is 0 Å². The molecule has 1 saturated heterocycles. The number of likely N-dealkylation sites (tertiary alicyclic amines) is 1. The lowest BCUT2D eigenvalue weighted by molar-refractivity contribution is 0.203. The fourth-order valence-electron chi connectivity index (χ4n) is 3.70. The maximum absolute atomic E-state index is 4.46. The highest BCUT2D eigenvalue weighted by molar-refractivity contribution is 5.33. The Morgan fingerprint density at radius 3 is 2.42 bits per heavy atom. The van der Waals surface area contributed by atoms with E-state index < -0.39 is 0 Å². The van der Waals surface area contributed by atoms with E-state index in [0.29, 0.717) is 5.92 Å². The van der Waals surface area contributed by atoms with E-state index in [4.69, 9.17) is 0 Å². The average molecular weight is 346 g/mol. The summed E-state index contributed by atoms with van der Waals surface area (Å²) in [6, 6.07) is 17.1. The molecule has 1 aliphatic heterocycles. The zero-order valence-corrected chi connectivity index (χ0v) is 15.6. The van der Waals surface area contributed by atoms with Crippen LogP contribution in [-0.2, 0) is 6.54 Å². The smallest absolute Gasteiger partial charge is 0.0863 e. The van der Waals surface area contributed by atoms with Crippen molar-refractivity contribution in [3.8, 4) is 5.69 Å². The molecule has 0 aliphatic carbocycles. The number of rotatable bonds is 4. The standard InChI is InChI=1S/C22H26N4/c1-17-7-9-21(10-8-17)26-16-22(23-24-26)19-11-13-25(14-12-19)15-20-6-4-3-5-18(20)2/h3-10,16,19H,11-15H2,1-2H3. The first kappa shape index (κ1) is 17.0. The molecule has 0 N–H and O–H groups in total. The van der Waals surface area contributed by atoms with Crippen molar-refractivity contribution in [3.63, 3.8) is 0 Å². The molecular weight excluding hydrogens is 320 g/mol. The average Bonchev–Trinajstić information content (AvgIpc) is 3.15. The highest BCUT2D eigenvalue weighted by Crippen LogP contribution is 2.28. The van der Waals surface area contributed by atoms with Gasteiger partial charge in [0.05, 0.1) is 17.6 Å². The summed E-state index contributed by atoms with van der Waals surface area (Å²) < 4.78 is 1.90. The van der Waals surface area contributed by atoms with Gasteiger partial charge in [0.15, 0.2) is 0 Å². The molecule has 2 heterocycles. The molecule has 0 bridgehead atoms. The summed E-state index contributed by atoms with van der Waals surface area (Å²) in [5.74, 6) is 0.516. The molecule has 0 atom stereocenters. The van der Waals surface area contributed by atoms with Crippen molar-refractivity contribution in [2.24, 2.45) is 0 Å². The van der Waals surface area contributed by atoms with Crippen LogP contribution in [0.1, 0.15) is 41.1 Å². The fourth-order valence-corrected chi connectivity index (χ4v) is 3.70. The maximum Gasteiger partial charge on any atom is 0.0863 e. The molecule has 0 saturated carbocycles. The van der Waals surface area contributed by atoms with Crippen molar-refractivity contribution < 1.29 is 0 Å². The Bertz CT molecular complexity index is 858. The van der Waals surface area contributed by atoms with Crippen molar-refractivity contribution in [1.29, 1.82) is 0 Å². The van der Waals surface area contributed by atoms with Gasteiger partial charge in [-0.2, -0.15) is 0 Å². The Morgan fingerprint density at radius 1 is 0.962 bits per heavy atom. The lowest BCUT2D eigenvalue weighted by Crippen LogP contribution is -2.32. The predicted octanol–water partition coefficient (Wildman–Crippen LogP) is 4.26. The van der Waals surface area contributed by atoms with E-state index in [9.17, 15) is 0 Å². The van der Waals surface area contributed by atoms with Gasteiger partial charge in [-0.05, 0) is 63.0 Å². The molecule has 0 spiro atoms. The van der Waals surface area contributed by atoms with Crippen LogP contribution in [-0.4, -0.2) is 33.0 Å². The number of hydrogen-bond acceptors (Lipinski definition) is 3. The monoisotopic (exact) mass is 346 g/mol. The number of aromatic nitrogens is 3. The van der Waals surface area contributed by atoms with E-state index in [0.717, 1.165) is 43.9 Å². The molecule has 0 radical (unpaired) electrons. The highest BCUT2D eigenvalue weighted by atomic mass is 15.4. The number of aryl methyl sites for hydroxylation is 2. The van der Waals surface area contributed by atoms with Crippen LogP contribution in [0.4, 0.5) is 0 Å². The van der Waals surface area contributed by atoms with Crippen LogP contribution in [0.15, 0.2) is 54.7 Å². The van der Waals surface area contributed by atoms with E-state index in [1.54, 1.807) is 0 Å². The Balaban J connectivity index is 1.38. The van der Waals surface area contributed by atoms with Crippen molar-refractivity contribution >= 4 is 0 Å². The molecule has 0 amide bonds. The van der Waals surface area contributed by atoms with Crippen molar-refractivity contribution in [2.45, 2.75) is 39.2 Å². The minimum Gasteiger partial charge on any atom is -0.299 e. The van der Waals surface area contributed by atoms with E-state index in [2.05, 4.69) is 83.8 Å². The van der Waals surface area contributed by atoms with Crippen LogP contribution >= 0.6 is 0 Å². The number of piperidine rings is 1. The molecule has 4 nitrogen and oxygen atoms in total. The summed E-state index contributed by atoms with van der Waals surface area (Å²) in [5, 5.41) is 8.80. The molecule has 2 aromatic carbocycles. The summed E-state index contributed by atoms with van der Waals surface area (Å²) >= 11 is 0. The number of benzene rings is 2. The molecule has 0 unspecified atom stereocenters. The van der Waals surface area contributed by atoms with Crippen LogP contribution in [0.3, 0.4) is 0 Å². The van der Waals surface area contributed by atoms with Crippen LogP contribution in [0.2, 0.25) is 0 Å². The van der Waals surface area contributed by atoms with Gasteiger partial charge in [-0.15, -0.1) is 5.10 Å². The first-order chi connectivity index (χ1) is 12.7. The zero-order chi connectivity index (χ0) is 17.9. The SMILES string of the molecule is Cc1ccc(-n2cc(C3CCN(Cc4ccccc4C)CC3)nn2)cc1. The van der Waals surface area contributed by atoms with E-state index >= 15 is 0 Å². The van der Waals surface area contributed by atoms with Gasteiger partial charge < -0.3 is 0 Å². The summed E-state index contributed by atoms with van der Waals surface area (Å²) in [6.07, 6.45) is 4.41. The second kappa shape index (κ2) is 7.42. The lowest BCUT2D eigenvalue weighted by atomic mass is 9.93. The summed E-state index contributed by atoms with van der Waals surface area (Å²) in [4.78, 5) is 2.56. The van der Waals surface area contributed by atoms with Crippen molar-refractivity contribution in [2.75, 3.05) is 13.1 Å². The summed E-state index contributed by atoms with van der Waals surface area (Å²) in [7, 11) is 0. The van der Waals surface area contributed by atoms with Crippen molar-refractivity contribution in [3.05, 3.63) is 77.1 Å². The molecule has 4 heteroatoms. The minimum atomic E-state index is 0.516. The van der Waals surface area contributed by atoms with Gasteiger partial charge in [0, 0.05) is 12.5 Å². The third-order valence-electron chi connectivity index (χ3n) is 5.47. The van der Waals surface area contributed by atoms with Crippen LogP contribution in [0.25, 0.3) is 5.69 Å². The van der Waals surface area contributed by atoms with Crippen LogP contribution in [0, 0.1) is 13.8 Å². The first-order valence-electron chi connectivity index (χ1n) is 9.45. The van der Waals surface area contributed by atoms with Crippen molar-refractivity contribution in [1.82, 2.24) is 19.9 Å². The molecule has 3 aromatic rings. The van der Waals surface area contributed by atoms with Gasteiger partial charge in [0.2, 0.25) is 0 Å². The Hall–Kier alpha value is -2.46. The van der Waals surface area contributed by atoms with Gasteiger partial charge in [-0.25, -0.2) is 4.68 Å². The fraction of sp³-hybridized carbons (Fsp3) is 0.364. The summed E-state index contributed by atoms with van der Waals surface area (Å²) in [6.45, 7) is 7.59. The summed E-state index contributed by atoms with van der Waals surface area (Å²) in [5.41, 5.74) is 6.29. The second-order valence-electron chi connectivity index (χ2n) is 7.40. The Morgan fingerprint density at radius 2 is 1.69 bits per heavy atom. The third-order valence-corrected chi connectivity index (χ3v) is 5.47. The van der Waals surface area contributed by atoms with Gasteiger partial charge in [0.1, 0.15) is 0 Å². The number of hydrogen-bond donors (Lipinski definition) is 0. The normalized spacial score (nSPS) is 16.1. The molecule has 1 aromatic heterocycles. The lowest BCUT2D eigenvalue weighted by Gasteiger charge is -2.31. The predicted molar refractivity (Wildman–Crippen MR) is 105 cm³/mol. The van der Waals surface area contributed by atoms with Gasteiger partial charge in [-0.1, -0.05) is 47.2 Å². The molecule has 134 valence electrons. The van der Waals surface area contributed by atoms with Gasteiger partial charge in [-0.3, -0.25) is 4.90 Å². The molecule has 1 aliphatic rings. The van der Waals surface area contributed by atoms with Gasteiger partial charge in [0.25, 0.3) is 0 Å². The maximum atomic E-state index is 4.46. The van der Waals surface area contributed by atoms with E-state index in [-0.39, 0.29) is 0 Å².